The molecular weight excluding hydrogens is 432 g/mol. The van der Waals surface area contributed by atoms with Crippen LogP contribution < -0.4 is 0 Å². The van der Waals surface area contributed by atoms with Crippen molar-refractivity contribution in [3.8, 4) is 0 Å². The van der Waals surface area contributed by atoms with Crippen molar-refractivity contribution in [2.24, 2.45) is 11.8 Å². The second-order valence-corrected chi connectivity index (χ2v) is 10.5. The number of hydrogen-bond acceptors (Lipinski definition) is 6. The first-order valence-corrected chi connectivity index (χ1v) is 13.2. The molecule has 1 aromatic carbocycles. The highest BCUT2D eigenvalue weighted by Gasteiger charge is 2.24. The van der Waals surface area contributed by atoms with Crippen LogP contribution in [0.25, 0.3) is 0 Å². The maximum Gasteiger partial charge on any atom is 0.339 e. The number of esters is 2. The van der Waals surface area contributed by atoms with Gasteiger partial charge in [-0.3, -0.25) is 4.55 Å². The Morgan fingerprint density at radius 2 is 1.25 bits per heavy atom. The third kappa shape index (κ3) is 7.30. The molecule has 0 aromatic heterocycles. The predicted octanol–water partition coefficient (Wildman–Crippen LogP) is 5.19. The number of rotatable bonds is 9. The molecule has 2 fully saturated rings. The van der Waals surface area contributed by atoms with Gasteiger partial charge in [-0.1, -0.05) is 64.2 Å². The molecule has 2 aliphatic carbocycles. The normalized spacial score (nSPS) is 18.3. The van der Waals surface area contributed by atoms with Gasteiger partial charge in [0, 0.05) is 0 Å². The topological polar surface area (TPSA) is 107 Å². The van der Waals surface area contributed by atoms with Gasteiger partial charge in [-0.2, -0.15) is 8.42 Å². The smallest absolute Gasteiger partial charge is 0.339 e. The molecule has 178 valence electrons. The fraction of sp³-hybridized carbons (Fsp3) is 0.667. The van der Waals surface area contributed by atoms with Crippen LogP contribution in [0.2, 0.25) is 0 Å². The highest BCUT2D eigenvalue weighted by Crippen LogP contribution is 2.27. The predicted molar refractivity (Wildman–Crippen MR) is 119 cm³/mol. The summed E-state index contributed by atoms with van der Waals surface area (Å²) in [5.41, 5.74) is -0.254. The Bertz CT molecular complexity index is 882. The van der Waals surface area contributed by atoms with Crippen molar-refractivity contribution in [2.75, 3.05) is 13.2 Å². The molecule has 0 spiro atoms. The van der Waals surface area contributed by atoms with Gasteiger partial charge in [0.15, 0.2) is 0 Å². The lowest BCUT2D eigenvalue weighted by atomic mass is 9.87. The minimum atomic E-state index is -4.53. The van der Waals surface area contributed by atoms with Crippen LogP contribution in [-0.4, -0.2) is 38.1 Å². The van der Waals surface area contributed by atoms with Gasteiger partial charge in [0.1, 0.15) is 0 Å². The third-order valence-corrected chi connectivity index (χ3v) is 7.55. The molecule has 0 saturated heterocycles. The van der Waals surface area contributed by atoms with Crippen LogP contribution in [0.5, 0.6) is 0 Å². The average molecular weight is 467 g/mol. The molecule has 1 N–H and O–H groups in total. The molecule has 0 atom stereocenters. The summed E-state index contributed by atoms with van der Waals surface area (Å²) in [6, 6.07) is 3.27. The van der Waals surface area contributed by atoms with Gasteiger partial charge in [0.05, 0.1) is 29.2 Å². The largest absolute Gasteiger partial charge is 0.462 e. The molecule has 2 saturated carbocycles. The van der Waals surface area contributed by atoms with Crippen molar-refractivity contribution in [1.29, 1.82) is 0 Å². The number of carbonyl (C=O) groups excluding carboxylic acids is 2. The number of ether oxygens (including phenoxy) is 2. The van der Waals surface area contributed by atoms with Gasteiger partial charge in [-0.15, -0.1) is 0 Å². The molecule has 7 nitrogen and oxygen atoms in total. The van der Waals surface area contributed by atoms with Gasteiger partial charge in [-0.05, 0) is 42.9 Å². The standard InChI is InChI=1S/C24H34O7S/c25-23(30-15-13-18-7-3-1-4-8-18)21-12-11-20(32(27,28)29)17-22(21)24(26)31-16-14-19-9-5-2-6-10-19/h11-12,17-19H,1-10,13-16H2,(H,27,28,29). The maximum absolute atomic E-state index is 12.7. The molecule has 0 aliphatic heterocycles. The molecule has 0 amide bonds. The number of benzene rings is 1. The Balaban J connectivity index is 1.64. The van der Waals surface area contributed by atoms with Crippen LogP contribution >= 0.6 is 0 Å². The summed E-state index contributed by atoms with van der Waals surface area (Å²) in [6.45, 7) is 0.454. The first kappa shape index (κ1) is 24.7. The molecule has 32 heavy (non-hydrogen) atoms. The van der Waals surface area contributed by atoms with Crippen LogP contribution in [-0.2, 0) is 19.6 Å². The molecule has 8 heteroatoms. The SMILES string of the molecule is O=C(OCCC1CCCCC1)c1ccc(S(=O)(=O)O)cc1C(=O)OCCC1CCCCC1. The Labute approximate surface area is 190 Å². The van der Waals surface area contributed by atoms with Crippen LogP contribution in [0.15, 0.2) is 23.1 Å². The van der Waals surface area contributed by atoms with E-state index in [0.29, 0.717) is 11.8 Å². The zero-order valence-corrected chi connectivity index (χ0v) is 19.4. The number of carbonyl (C=O) groups is 2. The lowest BCUT2D eigenvalue weighted by Gasteiger charge is -2.21. The molecular formula is C24H34O7S. The van der Waals surface area contributed by atoms with E-state index in [2.05, 4.69) is 0 Å². The summed E-state index contributed by atoms with van der Waals surface area (Å²) in [6.07, 6.45) is 13.3. The summed E-state index contributed by atoms with van der Waals surface area (Å²) in [7, 11) is -4.53. The molecule has 0 radical (unpaired) electrons. The van der Waals surface area contributed by atoms with Gasteiger partial charge >= 0.3 is 11.9 Å². The molecule has 2 aliphatic rings. The van der Waals surface area contributed by atoms with E-state index in [4.69, 9.17) is 9.47 Å². The highest BCUT2D eigenvalue weighted by atomic mass is 32.2. The number of hydrogen-bond donors (Lipinski definition) is 1. The lowest BCUT2D eigenvalue weighted by molar-refractivity contribution is 0.0427. The molecule has 0 unspecified atom stereocenters. The van der Waals surface area contributed by atoms with Crippen molar-refractivity contribution in [3.63, 3.8) is 0 Å². The van der Waals surface area contributed by atoms with E-state index < -0.39 is 27.0 Å². The van der Waals surface area contributed by atoms with Crippen molar-refractivity contribution in [3.05, 3.63) is 29.3 Å². The van der Waals surface area contributed by atoms with Crippen LogP contribution in [0, 0.1) is 11.8 Å². The van der Waals surface area contributed by atoms with Crippen LogP contribution in [0.1, 0.15) is 97.8 Å². The summed E-state index contributed by atoms with van der Waals surface area (Å²) in [5, 5.41) is 0. The lowest BCUT2D eigenvalue weighted by Crippen LogP contribution is -2.18. The van der Waals surface area contributed by atoms with Gasteiger partial charge in [-0.25, -0.2) is 9.59 Å². The van der Waals surface area contributed by atoms with E-state index >= 15 is 0 Å². The second kappa shape index (κ2) is 11.8. The zero-order chi connectivity index (χ0) is 23.0. The minimum absolute atomic E-state index is 0.0521. The summed E-state index contributed by atoms with van der Waals surface area (Å²) < 4.78 is 43.2. The Kier molecular flexibility index (Phi) is 9.11. The fourth-order valence-corrected chi connectivity index (χ4v) is 5.28. The first-order valence-electron chi connectivity index (χ1n) is 11.8. The van der Waals surface area contributed by atoms with E-state index in [-0.39, 0.29) is 24.3 Å². The van der Waals surface area contributed by atoms with Crippen molar-refractivity contribution in [1.82, 2.24) is 0 Å². The Morgan fingerprint density at radius 3 is 1.72 bits per heavy atom. The van der Waals surface area contributed by atoms with E-state index in [0.717, 1.165) is 50.7 Å². The monoisotopic (exact) mass is 466 g/mol. The molecule has 0 heterocycles. The average Bonchev–Trinajstić information content (AvgIpc) is 2.79. The Morgan fingerprint density at radius 1 is 0.781 bits per heavy atom. The van der Waals surface area contributed by atoms with E-state index in [1.165, 1.54) is 44.6 Å². The summed E-state index contributed by atoms with van der Waals surface area (Å²) in [5.74, 6) is -0.417. The molecule has 1 aromatic rings. The summed E-state index contributed by atoms with van der Waals surface area (Å²) in [4.78, 5) is 24.9. The second-order valence-electron chi connectivity index (χ2n) is 9.04. The first-order chi connectivity index (χ1) is 15.3. The van der Waals surface area contributed by atoms with Crippen molar-refractivity contribution in [2.45, 2.75) is 81.9 Å². The van der Waals surface area contributed by atoms with Crippen LogP contribution in [0.3, 0.4) is 0 Å². The van der Waals surface area contributed by atoms with Crippen molar-refractivity contribution >= 4 is 22.1 Å². The zero-order valence-electron chi connectivity index (χ0n) is 18.6. The van der Waals surface area contributed by atoms with Gasteiger partial charge < -0.3 is 9.47 Å². The summed E-state index contributed by atoms with van der Waals surface area (Å²) >= 11 is 0. The molecule has 3 rings (SSSR count). The quantitative estimate of drug-likeness (QED) is 0.394. The van der Waals surface area contributed by atoms with Gasteiger partial charge in [0.2, 0.25) is 0 Å². The maximum atomic E-state index is 12.7. The van der Waals surface area contributed by atoms with Gasteiger partial charge in [0.25, 0.3) is 10.1 Å². The van der Waals surface area contributed by atoms with E-state index in [1.54, 1.807) is 0 Å². The van der Waals surface area contributed by atoms with E-state index in [9.17, 15) is 22.6 Å². The fourth-order valence-electron chi connectivity index (χ4n) is 4.77. The Hall–Kier alpha value is -1.93. The highest BCUT2D eigenvalue weighted by molar-refractivity contribution is 7.85. The molecule has 0 bridgehead atoms. The van der Waals surface area contributed by atoms with E-state index in [1.807, 2.05) is 0 Å². The van der Waals surface area contributed by atoms with Crippen molar-refractivity contribution < 1.29 is 32.0 Å². The van der Waals surface area contributed by atoms with Crippen LogP contribution in [0.4, 0.5) is 0 Å². The third-order valence-electron chi connectivity index (χ3n) is 6.70. The minimum Gasteiger partial charge on any atom is -0.462 e.